The third kappa shape index (κ3) is 5.07. The van der Waals surface area contributed by atoms with Crippen molar-refractivity contribution in [1.29, 1.82) is 0 Å². The van der Waals surface area contributed by atoms with Crippen LogP contribution in [0.1, 0.15) is 34.7 Å². The Kier molecular flexibility index (Phi) is 7.20. The van der Waals surface area contributed by atoms with E-state index in [1.807, 2.05) is 33.8 Å². The van der Waals surface area contributed by atoms with E-state index in [0.717, 1.165) is 26.6 Å². The Hall–Kier alpha value is -2.83. The summed E-state index contributed by atoms with van der Waals surface area (Å²) in [6, 6.07) is 15.1. The van der Waals surface area contributed by atoms with Gasteiger partial charge in [-0.3, -0.25) is 4.79 Å². The molecule has 174 valence electrons. The molecule has 0 aliphatic heterocycles. The maximum atomic E-state index is 13.7. The highest BCUT2D eigenvalue weighted by atomic mass is 35.5. The topological polar surface area (TPSA) is 63.7 Å². The quantitative estimate of drug-likeness (QED) is 0.425. The van der Waals surface area contributed by atoms with E-state index in [-0.39, 0.29) is 4.90 Å². The van der Waals surface area contributed by atoms with Gasteiger partial charge in [-0.05, 0) is 94.1 Å². The van der Waals surface area contributed by atoms with E-state index in [9.17, 15) is 13.2 Å². The first-order valence-corrected chi connectivity index (χ1v) is 12.4. The Bertz CT molecular complexity index is 1280. The monoisotopic (exact) mass is 485 g/mol. The summed E-state index contributed by atoms with van der Waals surface area (Å²) < 4.78 is 34.1. The molecule has 0 aliphatic rings. The molecule has 5 nitrogen and oxygen atoms in total. The van der Waals surface area contributed by atoms with Crippen molar-refractivity contribution in [2.75, 3.05) is 4.31 Å². The largest absolute Gasteiger partial charge is 0.481 e. The Balaban J connectivity index is 2.08. The van der Waals surface area contributed by atoms with Crippen molar-refractivity contribution in [2.45, 2.75) is 52.5 Å². The molecule has 0 heterocycles. The van der Waals surface area contributed by atoms with Gasteiger partial charge in [-0.25, -0.2) is 8.42 Å². The maximum absolute atomic E-state index is 13.7. The molecule has 0 radical (unpaired) electrons. The average Bonchev–Trinajstić information content (AvgIpc) is 2.75. The van der Waals surface area contributed by atoms with Crippen molar-refractivity contribution in [3.8, 4) is 5.75 Å². The number of hydrogen-bond acceptors (Lipinski definition) is 4. The second kappa shape index (κ2) is 9.57. The van der Waals surface area contributed by atoms with Crippen LogP contribution in [-0.2, 0) is 14.8 Å². The van der Waals surface area contributed by atoms with Gasteiger partial charge in [0.05, 0.1) is 10.6 Å². The van der Waals surface area contributed by atoms with Gasteiger partial charge in [0.2, 0.25) is 0 Å². The SMILES string of the molecule is Cc1ccc(S(=O)(=O)N(C(=O)C(C)Oc2cc(C)c(Cl)c(C)c2)c2cccc(C)c2C)cc1. The van der Waals surface area contributed by atoms with Gasteiger partial charge in [-0.1, -0.05) is 41.4 Å². The number of hydrogen-bond donors (Lipinski definition) is 0. The summed E-state index contributed by atoms with van der Waals surface area (Å²) >= 11 is 6.24. The second-order valence-corrected chi connectivity index (χ2v) is 10.4. The standard InChI is InChI=1S/C26H28ClNO4S/c1-16-10-12-23(13-11-16)33(30,31)28(24-9-7-8-17(2)20(24)5)26(29)21(6)32-22-14-18(3)25(27)19(4)15-22/h7-15,21H,1-6H3. The molecule has 7 heteroatoms. The highest BCUT2D eigenvalue weighted by Crippen LogP contribution is 2.31. The molecule has 1 atom stereocenters. The molecule has 0 aromatic heterocycles. The average molecular weight is 486 g/mol. The van der Waals surface area contributed by atoms with Gasteiger partial charge in [0, 0.05) is 5.02 Å². The first kappa shape index (κ1) is 24.8. The number of carbonyl (C=O) groups is 1. The van der Waals surface area contributed by atoms with Gasteiger partial charge in [0.1, 0.15) is 5.75 Å². The summed E-state index contributed by atoms with van der Waals surface area (Å²) in [5.74, 6) is -0.238. The third-order valence-electron chi connectivity index (χ3n) is 5.62. The Morgan fingerprint density at radius 3 is 2.06 bits per heavy atom. The number of nitrogens with zero attached hydrogens (tertiary/aromatic N) is 1. The van der Waals surface area contributed by atoms with Crippen LogP contribution in [0.3, 0.4) is 0 Å². The number of ether oxygens (including phenoxy) is 1. The predicted molar refractivity (Wildman–Crippen MR) is 133 cm³/mol. The van der Waals surface area contributed by atoms with E-state index in [0.29, 0.717) is 22.0 Å². The molecule has 3 aromatic rings. The molecular formula is C26H28ClNO4S. The van der Waals surface area contributed by atoms with Crippen molar-refractivity contribution >= 4 is 33.2 Å². The second-order valence-electron chi connectivity index (χ2n) is 8.27. The van der Waals surface area contributed by atoms with Crippen molar-refractivity contribution < 1.29 is 17.9 Å². The number of benzene rings is 3. The van der Waals surface area contributed by atoms with Crippen LogP contribution in [0.4, 0.5) is 5.69 Å². The Labute approximate surface area is 201 Å². The summed E-state index contributed by atoms with van der Waals surface area (Å²) in [4.78, 5) is 13.7. The smallest absolute Gasteiger partial charge is 0.281 e. The molecule has 1 unspecified atom stereocenters. The van der Waals surface area contributed by atoms with E-state index in [1.54, 1.807) is 50.2 Å². The summed E-state index contributed by atoms with van der Waals surface area (Å²) in [5, 5.41) is 0.625. The lowest BCUT2D eigenvalue weighted by Gasteiger charge is -2.27. The van der Waals surface area contributed by atoms with Crippen molar-refractivity contribution in [3.63, 3.8) is 0 Å². The third-order valence-corrected chi connectivity index (χ3v) is 7.95. The van der Waals surface area contributed by atoms with E-state index in [2.05, 4.69) is 0 Å². The molecule has 0 spiro atoms. The lowest BCUT2D eigenvalue weighted by Crippen LogP contribution is -2.44. The van der Waals surface area contributed by atoms with Gasteiger partial charge in [0.15, 0.2) is 6.10 Å². The minimum atomic E-state index is -4.19. The van der Waals surface area contributed by atoms with Gasteiger partial charge in [-0.2, -0.15) is 4.31 Å². The summed E-state index contributed by atoms with van der Waals surface area (Å²) in [5.41, 5.74) is 4.42. The molecule has 0 aliphatic carbocycles. The van der Waals surface area contributed by atoms with Crippen LogP contribution in [0, 0.1) is 34.6 Å². The van der Waals surface area contributed by atoms with Gasteiger partial charge in [0.25, 0.3) is 15.9 Å². The number of aryl methyl sites for hydroxylation is 4. The molecule has 1 amide bonds. The Morgan fingerprint density at radius 2 is 1.48 bits per heavy atom. The molecule has 0 fully saturated rings. The van der Waals surface area contributed by atoms with E-state index < -0.39 is 22.0 Å². The Morgan fingerprint density at radius 1 is 0.909 bits per heavy atom. The minimum Gasteiger partial charge on any atom is -0.481 e. The highest BCUT2D eigenvalue weighted by Gasteiger charge is 2.36. The lowest BCUT2D eigenvalue weighted by molar-refractivity contribution is -0.123. The molecule has 0 bridgehead atoms. The fourth-order valence-corrected chi connectivity index (χ4v) is 5.17. The van der Waals surface area contributed by atoms with Crippen molar-refractivity contribution in [3.05, 3.63) is 87.4 Å². The number of carbonyl (C=O) groups excluding carboxylic acids is 1. The van der Waals surface area contributed by atoms with E-state index in [4.69, 9.17) is 16.3 Å². The van der Waals surface area contributed by atoms with Crippen LogP contribution >= 0.6 is 11.6 Å². The fraction of sp³-hybridized carbons (Fsp3) is 0.269. The molecular weight excluding hydrogens is 458 g/mol. The van der Waals surface area contributed by atoms with Gasteiger partial charge in [-0.15, -0.1) is 0 Å². The molecule has 3 rings (SSSR count). The normalized spacial score (nSPS) is 12.3. The summed E-state index contributed by atoms with van der Waals surface area (Å²) in [6.45, 7) is 10.8. The molecule has 0 saturated heterocycles. The highest BCUT2D eigenvalue weighted by molar-refractivity contribution is 7.93. The summed E-state index contributed by atoms with van der Waals surface area (Å²) in [7, 11) is -4.19. The molecule has 0 N–H and O–H groups in total. The summed E-state index contributed by atoms with van der Waals surface area (Å²) in [6.07, 6.45) is -1.06. The number of rotatable bonds is 6. The maximum Gasteiger partial charge on any atom is 0.281 e. The molecule has 0 saturated carbocycles. The number of amides is 1. The number of anilines is 1. The number of halogens is 1. The van der Waals surface area contributed by atoms with Crippen LogP contribution in [0.5, 0.6) is 5.75 Å². The predicted octanol–water partition coefficient (Wildman–Crippen LogP) is 6.07. The van der Waals surface area contributed by atoms with Crippen molar-refractivity contribution in [1.82, 2.24) is 0 Å². The van der Waals surface area contributed by atoms with Crippen LogP contribution in [0.2, 0.25) is 5.02 Å². The zero-order valence-electron chi connectivity index (χ0n) is 19.6. The van der Waals surface area contributed by atoms with Crippen LogP contribution in [0.25, 0.3) is 0 Å². The van der Waals surface area contributed by atoms with Crippen LogP contribution in [0.15, 0.2) is 59.5 Å². The van der Waals surface area contributed by atoms with Gasteiger partial charge < -0.3 is 4.74 Å². The lowest BCUT2D eigenvalue weighted by atomic mass is 10.1. The van der Waals surface area contributed by atoms with Crippen molar-refractivity contribution in [2.24, 2.45) is 0 Å². The molecule has 33 heavy (non-hydrogen) atoms. The van der Waals surface area contributed by atoms with Crippen LogP contribution < -0.4 is 9.04 Å². The zero-order valence-corrected chi connectivity index (χ0v) is 21.2. The first-order chi connectivity index (χ1) is 15.4. The van der Waals surface area contributed by atoms with E-state index in [1.165, 1.54) is 12.1 Å². The fourth-order valence-electron chi connectivity index (χ4n) is 3.53. The minimum absolute atomic E-state index is 0.0349. The van der Waals surface area contributed by atoms with E-state index >= 15 is 0 Å². The van der Waals surface area contributed by atoms with Gasteiger partial charge >= 0.3 is 0 Å². The first-order valence-electron chi connectivity index (χ1n) is 10.6. The zero-order chi connectivity index (χ0) is 24.5. The molecule has 3 aromatic carbocycles. The van der Waals surface area contributed by atoms with Crippen LogP contribution in [-0.4, -0.2) is 20.4 Å². The number of sulfonamides is 1.